The summed E-state index contributed by atoms with van der Waals surface area (Å²) in [6.45, 7) is 17.0. The van der Waals surface area contributed by atoms with Gasteiger partial charge in [-0.15, -0.1) is 13.2 Å². The summed E-state index contributed by atoms with van der Waals surface area (Å²) in [4.78, 5) is 26.8. The van der Waals surface area contributed by atoms with Crippen LogP contribution in [0.15, 0.2) is 43.5 Å². The zero-order valence-corrected chi connectivity index (χ0v) is 16.7. The molecule has 0 saturated heterocycles. The average molecular weight is 367 g/mol. The van der Waals surface area contributed by atoms with Crippen LogP contribution < -0.4 is 5.32 Å². The summed E-state index contributed by atoms with van der Waals surface area (Å²) < 4.78 is 2.24. The van der Waals surface area contributed by atoms with Gasteiger partial charge in [-0.05, 0) is 51.5 Å². The van der Waals surface area contributed by atoms with Crippen molar-refractivity contribution in [3.63, 3.8) is 0 Å². The van der Waals surface area contributed by atoms with E-state index in [1.165, 1.54) is 11.3 Å². The van der Waals surface area contributed by atoms with Gasteiger partial charge in [0.05, 0.1) is 0 Å². The van der Waals surface area contributed by atoms with Gasteiger partial charge in [-0.2, -0.15) is 0 Å². The first-order valence-electron chi connectivity index (χ1n) is 9.26. The van der Waals surface area contributed by atoms with Crippen LogP contribution in [0.25, 0.3) is 10.9 Å². The second kappa shape index (κ2) is 8.71. The molecule has 0 aliphatic heterocycles. The third-order valence-corrected chi connectivity index (χ3v) is 4.95. The summed E-state index contributed by atoms with van der Waals surface area (Å²) in [5.41, 5.74) is 4.06. The van der Waals surface area contributed by atoms with Gasteiger partial charge in [-0.25, -0.2) is 0 Å². The van der Waals surface area contributed by atoms with Crippen molar-refractivity contribution in [3.05, 3.63) is 60.3 Å². The summed E-state index contributed by atoms with van der Waals surface area (Å²) in [6.07, 6.45) is 3.32. The molecule has 0 fully saturated rings. The molecule has 0 saturated carbocycles. The number of nitrogens with one attached hydrogen (secondary N) is 1. The van der Waals surface area contributed by atoms with Crippen molar-refractivity contribution >= 4 is 22.7 Å². The summed E-state index contributed by atoms with van der Waals surface area (Å²) in [5.74, 6) is -0.412. The fraction of sp³-hybridized carbons (Fsp3) is 0.364. The molecule has 27 heavy (non-hydrogen) atoms. The van der Waals surface area contributed by atoms with Crippen molar-refractivity contribution < 1.29 is 9.59 Å². The molecule has 1 N–H and O–H groups in total. The molecule has 2 rings (SSSR count). The van der Waals surface area contributed by atoms with Gasteiger partial charge >= 0.3 is 0 Å². The topological polar surface area (TPSA) is 54.3 Å². The van der Waals surface area contributed by atoms with E-state index in [4.69, 9.17) is 0 Å². The lowest BCUT2D eigenvalue weighted by atomic mass is 10.1. The monoisotopic (exact) mass is 367 g/mol. The van der Waals surface area contributed by atoms with Gasteiger partial charge in [0.15, 0.2) is 0 Å². The third kappa shape index (κ3) is 4.13. The lowest BCUT2D eigenvalue weighted by molar-refractivity contribution is -0.131. The number of nitrogens with zero attached hydrogens (tertiary/aromatic N) is 2. The maximum atomic E-state index is 12.7. The quantitative estimate of drug-likeness (QED) is 0.725. The van der Waals surface area contributed by atoms with Crippen LogP contribution in [0.5, 0.6) is 0 Å². The Morgan fingerprint density at radius 1 is 1.22 bits per heavy atom. The lowest BCUT2D eigenvalue weighted by Gasteiger charge is -2.23. The molecule has 5 heteroatoms. The van der Waals surface area contributed by atoms with Crippen LogP contribution in [-0.2, 0) is 11.3 Å². The number of benzene rings is 1. The lowest BCUT2D eigenvalue weighted by Crippen LogP contribution is -2.47. The Balaban J connectivity index is 2.22. The van der Waals surface area contributed by atoms with Gasteiger partial charge in [-0.1, -0.05) is 12.2 Å². The number of aryl methyl sites for hydroxylation is 2. The van der Waals surface area contributed by atoms with E-state index in [-0.39, 0.29) is 11.8 Å². The Kier molecular flexibility index (Phi) is 6.61. The van der Waals surface area contributed by atoms with Gasteiger partial charge in [0.25, 0.3) is 5.91 Å². The van der Waals surface area contributed by atoms with E-state index in [0.29, 0.717) is 18.7 Å². The largest absolute Gasteiger partial charge is 0.345 e. The molecule has 2 aromatic rings. The highest BCUT2D eigenvalue weighted by atomic mass is 16.2. The number of carbonyl (C=O) groups excluding carboxylic acids is 2. The van der Waals surface area contributed by atoms with Gasteiger partial charge in [0.1, 0.15) is 6.04 Å². The first-order chi connectivity index (χ1) is 12.8. The zero-order chi connectivity index (χ0) is 20.1. The normalized spacial score (nSPS) is 11.9. The Labute approximate surface area is 161 Å². The third-order valence-electron chi connectivity index (χ3n) is 4.95. The Morgan fingerprint density at radius 2 is 1.85 bits per heavy atom. The van der Waals surface area contributed by atoms with Gasteiger partial charge in [0.2, 0.25) is 5.91 Å². The van der Waals surface area contributed by atoms with Crippen LogP contribution in [0.1, 0.15) is 35.5 Å². The summed E-state index contributed by atoms with van der Waals surface area (Å²) in [6, 6.07) is 5.06. The minimum absolute atomic E-state index is 0.159. The number of hydrogen-bond donors (Lipinski definition) is 1. The number of fused-ring (bicyclic) bond motifs is 1. The maximum Gasteiger partial charge on any atom is 0.251 e. The predicted octanol–water partition coefficient (Wildman–Crippen LogP) is 3.60. The molecular formula is C22H29N3O2. The van der Waals surface area contributed by atoms with E-state index in [2.05, 4.69) is 43.8 Å². The van der Waals surface area contributed by atoms with E-state index in [0.717, 1.165) is 17.4 Å². The number of aromatic nitrogens is 1. The Bertz CT molecular complexity index is 869. The Hall–Kier alpha value is -2.82. The van der Waals surface area contributed by atoms with Crippen molar-refractivity contribution in [1.29, 1.82) is 0 Å². The Morgan fingerprint density at radius 3 is 2.41 bits per heavy atom. The van der Waals surface area contributed by atoms with Crippen molar-refractivity contribution in [2.45, 2.75) is 40.3 Å². The molecule has 1 aromatic heterocycles. The molecule has 0 spiro atoms. The van der Waals surface area contributed by atoms with Gasteiger partial charge in [-0.3, -0.25) is 9.59 Å². The van der Waals surface area contributed by atoms with Crippen molar-refractivity contribution in [3.8, 4) is 0 Å². The minimum atomic E-state index is -0.629. The SMILES string of the molecule is C=CCN(CC=C)C(=O)C(C)NC(=O)c1ccc2c(c1)c(C)c(C)n2CC. The molecule has 0 radical (unpaired) electrons. The molecule has 1 atom stereocenters. The molecule has 5 nitrogen and oxygen atoms in total. The molecule has 2 amide bonds. The van der Waals surface area contributed by atoms with Gasteiger partial charge in [0, 0.05) is 41.8 Å². The van der Waals surface area contributed by atoms with E-state index in [1.807, 2.05) is 18.2 Å². The van der Waals surface area contributed by atoms with E-state index >= 15 is 0 Å². The van der Waals surface area contributed by atoms with Crippen LogP contribution in [0.4, 0.5) is 0 Å². The number of rotatable bonds is 8. The summed E-state index contributed by atoms with van der Waals surface area (Å²) >= 11 is 0. The molecule has 1 heterocycles. The number of amides is 2. The molecular weight excluding hydrogens is 338 g/mol. The molecule has 0 aliphatic carbocycles. The molecule has 1 unspecified atom stereocenters. The minimum Gasteiger partial charge on any atom is -0.345 e. The smallest absolute Gasteiger partial charge is 0.251 e. The fourth-order valence-electron chi connectivity index (χ4n) is 3.38. The highest BCUT2D eigenvalue weighted by Gasteiger charge is 2.21. The van der Waals surface area contributed by atoms with E-state index in [1.54, 1.807) is 24.0 Å². The molecule has 0 bridgehead atoms. The highest BCUT2D eigenvalue weighted by molar-refractivity contribution is 6.01. The van der Waals surface area contributed by atoms with Crippen LogP contribution in [0.2, 0.25) is 0 Å². The second-order valence-corrected chi connectivity index (χ2v) is 6.70. The summed E-state index contributed by atoms with van der Waals surface area (Å²) in [5, 5.41) is 3.88. The number of carbonyl (C=O) groups is 2. The van der Waals surface area contributed by atoms with Crippen molar-refractivity contribution in [2.75, 3.05) is 13.1 Å². The van der Waals surface area contributed by atoms with E-state index in [9.17, 15) is 9.59 Å². The van der Waals surface area contributed by atoms with Crippen molar-refractivity contribution in [2.24, 2.45) is 0 Å². The van der Waals surface area contributed by atoms with E-state index < -0.39 is 6.04 Å². The first-order valence-corrected chi connectivity index (χ1v) is 9.26. The standard InChI is InChI=1S/C22H29N3O2/c1-7-12-24(13-8-2)22(27)16(5)23-21(26)18-10-11-20-19(14-18)15(4)17(6)25(20)9-3/h7-8,10-11,14,16H,1-2,9,12-13H2,3-6H3,(H,23,26). The van der Waals surface area contributed by atoms with Crippen LogP contribution in [0, 0.1) is 13.8 Å². The first kappa shape index (κ1) is 20.5. The van der Waals surface area contributed by atoms with Crippen LogP contribution in [-0.4, -0.2) is 40.4 Å². The van der Waals surface area contributed by atoms with Crippen LogP contribution in [0.3, 0.4) is 0 Å². The molecule has 144 valence electrons. The van der Waals surface area contributed by atoms with Crippen LogP contribution >= 0.6 is 0 Å². The predicted molar refractivity (Wildman–Crippen MR) is 111 cm³/mol. The second-order valence-electron chi connectivity index (χ2n) is 6.70. The average Bonchev–Trinajstić information content (AvgIpc) is 2.90. The van der Waals surface area contributed by atoms with Gasteiger partial charge < -0.3 is 14.8 Å². The fourth-order valence-corrected chi connectivity index (χ4v) is 3.38. The highest BCUT2D eigenvalue weighted by Crippen LogP contribution is 2.26. The molecule has 1 aromatic carbocycles. The molecule has 0 aliphatic rings. The number of hydrogen-bond acceptors (Lipinski definition) is 2. The summed E-state index contributed by atoms with van der Waals surface area (Å²) in [7, 11) is 0. The zero-order valence-electron chi connectivity index (χ0n) is 16.7. The maximum absolute atomic E-state index is 12.7. The van der Waals surface area contributed by atoms with Crippen molar-refractivity contribution in [1.82, 2.24) is 14.8 Å².